The van der Waals surface area contributed by atoms with E-state index in [1.807, 2.05) is 55.9 Å². The lowest BCUT2D eigenvalue weighted by atomic mass is 10.1. The third-order valence-electron chi connectivity index (χ3n) is 4.35. The van der Waals surface area contributed by atoms with Gasteiger partial charge in [-0.3, -0.25) is 0 Å². The number of imidazole rings is 1. The Balaban J connectivity index is 1.56. The second kappa shape index (κ2) is 8.16. The second-order valence-corrected chi connectivity index (χ2v) is 6.82. The molecule has 0 amide bonds. The summed E-state index contributed by atoms with van der Waals surface area (Å²) in [6, 6.07) is 9.53. The average Bonchev–Trinajstić information content (AvgIpc) is 3.14. The van der Waals surface area contributed by atoms with Crippen LogP contribution in [0.5, 0.6) is 5.75 Å². The summed E-state index contributed by atoms with van der Waals surface area (Å²) in [5.41, 5.74) is 3.52. The van der Waals surface area contributed by atoms with Crippen LogP contribution >= 0.6 is 0 Å². The Hall–Kier alpha value is -4.01. The quantitative estimate of drug-likeness (QED) is 0.502. The summed E-state index contributed by atoms with van der Waals surface area (Å²) in [4.78, 5) is 21.6. The normalized spacial score (nSPS) is 10.7. The van der Waals surface area contributed by atoms with Crippen molar-refractivity contribution in [3.8, 4) is 17.0 Å². The average molecular weight is 402 g/mol. The van der Waals surface area contributed by atoms with Crippen LogP contribution in [0.3, 0.4) is 0 Å². The molecular weight excluding hydrogens is 380 g/mol. The van der Waals surface area contributed by atoms with E-state index >= 15 is 0 Å². The van der Waals surface area contributed by atoms with Crippen LogP contribution in [0.25, 0.3) is 11.3 Å². The van der Waals surface area contributed by atoms with Crippen molar-refractivity contribution >= 4 is 23.1 Å². The number of methoxy groups -OCH3 is 1. The standard InChI is InChI=1S/C21H22N8O/c1-13-7-21(26-14(2)25-13)28-20-9-19(22-11-23-20)27-16-6-5-15(8-18(16)30-4)17-10-29(3)12-24-17/h5-12H,1-4H3,(H2,22,23,25,26,27,28). The fourth-order valence-electron chi connectivity index (χ4n) is 3.06. The largest absolute Gasteiger partial charge is 0.495 e. The van der Waals surface area contributed by atoms with Crippen molar-refractivity contribution in [1.29, 1.82) is 0 Å². The molecule has 0 saturated carbocycles. The summed E-state index contributed by atoms with van der Waals surface area (Å²) < 4.78 is 7.47. The first kappa shape index (κ1) is 19.3. The van der Waals surface area contributed by atoms with Crippen molar-refractivity contribution in [2.45, 2.75) is 13.8 Å². The molecule has 0 spiro atoms. The van der Waals surface area contributed by atoms with Gasteiger partial charge in [0.1, 0.15) is 35.4 Å². The molecule has 2 N–H and O–H groups in total. The number of benzene rings is 1. The molecule has 0 bridgehead atoms. The van der Waals surface area contributed by atoms with Crippen LogP contribution in [0.4, 0.5) is 23.1 Å². The number of nitrogens with one attached hydrogen (secondary N) is 2. The van der Waals surface area contributed by atoms with Crippen LogP contribution in [0.1, 0.15) is 11.5 Å². The zero-order valence-electron chi connectivity index (χ0n) is 17.2. The molecule has 0 atom stereocenters. The molecule has 30 heavy (non-hydrogen) atoms. The van der Waals surface area contributed by atoms with Gasteiger partial charge in [-0.05, 0) is 26.0 Å². The van der Waals surface area contributed by atoms with Crippen molar-refractivity contribution < 1.29 is 4.74 Å². The molecule has 152 valence electrons. The van der Waals surface area contributed by atoms with Crippen LogP contribution in [0.15, 0.2) is 49.2 Å². The van der Waals surface area contributed by atoms with E-state index in [0.29, 0.717) is 29.0 Å². The van der Waals surface area contributed by atoms with Crippen molar-refractivity contribution in [1.82, 2.24) is 29.5 Å². The van der Waals surface area contributed by atoms with E-state index in [9.17, 15) is 0 Å². The number of ether oxygens (including phenoxy) is 1. The van der Waals surface area contributed by atoms with Crippen LogP contribution < -0.4 is 15.4 Å². The molecule has 9 nitrogen and oxygen atoms in total. The molecule has 0 aliphatic carbocycles. The van der Waals surface area contributed by atoms with Crippen molar-refractivity contribution in [2.75, 3.05) is 17.7 Å². The van der Waals surface area contributed by atoms with Gasteiger partial charge in [0.15, 0.2) is 0 Å². The fourth-order valence-corrected chi connectivity index (χ4v) is 3.06. The number of anilines is 4. The van der Waals surface area contributed by atoms with Gasteiger partial charge in [-0.1, -0.05) is 6.07 Å². The predicted octanol–water partition coefficient (Wildman–Crippen LogP) is 3.78. The van der Waals surface area contributed by atoms with E-state index in [0.717, 1.165) is 22.6 Å². The Bertz CT molecular complexity index is 1170. The van der Waals surface area contributed by atoms with E-state index < -0.39 is 0 Å². The Morgan fingerprint density at radius 3 is 2.40 bits per heavy atom. The molecule has 0 aliphatic heterocycles. The zero-order chi connectivity index (χ0) is 21.1. The van der Waals surface area contributed by atoms with Crippen LogP contribution in [0, 0.1) is 13.8 Å². The minimum atomic E-state index is 0.620. The molecule has 1 aromatic carbocycles. The maximum atomic E-state index is 5.57. The molecule has 4 rings (SSSR count). The summed E-state index contributed by atoms with van der Waals surface area (Å²) in [5.74, 6) is 3.31. The van der Waals surface area contributed by atoms with Gasteiger partial charge in [0.25, 0.3) is 0 Å². The lowest BCUT2D eigenvalue weighted by Gasteiger charge is -2.13. The highest BCUT2D eigenvalue weighted by molar-refractivity contribution is 5.72. The van der Waals surface area contributed by atoms with Gasteiger partial charge in [0, 0.05) is 36.6 Å². The lowest BCUT2D eigenvalue weighted by Crippen LogP contribution is -2.02. The molecular formula is C21H22N8O. The smallest absolute Gasteiger partial charge is 0.143 e. The monoisotopic (exact) mass is 402 g/mol. The van der Waals surface area contributed by atoms with Crippen molar-refractivity contribution in [2.24, 2.45) is 7.05 Å². The SMILES string of the molecule is COc1cc(-c2cn(C)cn2)ccc1Nc1cc(Nc2cc(C)nc(C)n2)ncn1. The first-order valence-electron chi connectivity index (χ1n) is 9.35. The number of aromatic nitrogens is 6. The molecule has 0 radical (unpaired) electrons. The van der Waals surface area contributed by atoms with Gasteiger partial charge < -0.3 is 19.9 Å². The van der Waals surface area contributed by atoms with Gasteiger partial charge in [0.2, 0.25) is 0 Å². The van der Waals surface area contributed by atoms with E-state index in [4.69, 9.17) is 4.74 Å². The van der Waals surface area contributed by atoms with E-state index in [1.165, 1.54) is 6.33 Å². The zero-order valence-corrected chi connectivity index (χ0v) is 17.2. The molecule has 3 heterocycles. The van der Waals surface area contributed by atoms with E-state index in [2.05, 4.69) is 35.6 Å². The molecule has 3 aromatic heterocycles. The number of rotatable bonds is 6. The van der Waals surface area contributed by atoms with Crippen LogP contribution in [0.2, 0.25) is 0 Å². The third kappa shape index (κ3) is 4.35. The van der Waals surface area contributed by atoms with E-state index in [1.54, 1.807) is 19.5 Å². The first-order valence-corrected chi connectivity index (χ1v) is 9.35. The Kier molecular flexibility index (Phi) is 5.25. The predicted molar refractivity (Wildman–Crippen MR) is 115 cm³/mol. The topological polar surface area (TPSA) is 103 Å². The number of hydrogen-bond donors (Lipinski definition) is 2. The maximum absolute atomic E-state index is 5.57. The molecule has 9 heteroatoms. The summed E-state index contributed by atoms with van der Waals surface area (Å²) in [5, 5.41) is 6.47. The van der Waals surface area contributed by atoms with Gasteiger partial charge in [-0.2, -0.15) is 0 Å². The number of nitrogens with zero attached hydrogens (tertiary/aromatic N) is 6. The number of aryl methyl sites for hydroxylation is 3. The molecule has 0 saturated heterocycles. The molecule has 0 fully saturated rings. The van der Waals surface area contributed by atoms with Crippen molar-refractivity contribution in [3.63, 3.8) is 0 Å². The van der Waals surface area contributed by atoms with Gasteiger partial charge in [0.05, 0.1) is 24.8 Å². The molecule has 0 aliphatic rings. The number of hydrogen-bond acceptors (Lipinski definition) is 8. The van der Waals surface area contributed by atoms with Gasteiger partial charge in [-0.25, -0.2) is 24.9 Å². The summed E-state index contributed by atoms with van der Waals surface area (Å²) in [7, 11) is 3.57. The minimum Gasteiger partial charge on any atom is -0.495 e. The fraction of sp³-hybridized carbons (Fsp3) is 0.190. The lowest BCUT2D eigenvalue weighted by molar-refractivity contribution is 0.417. The van der Waals surface area contributed by atoms with Gasteiger partial charge >= 0.3 is 0 Å². The highest BCUT2D eigenvalue weighted by atomic mass is 16.5. The van der Waals surface area contributed by atoms with Crippen molar-refractivity contribution in [3.05, 3.63) is 60.7 Å². The second-order valence-electron chi connectivity index (χ2n) is 6.82. The summed E-state index contributed by atoms with van der Waals surface area (Å²) >= 11 is 0. The van der Waals surface area contributed by atoms with Crippen LogP contribution in [-0.2, 0) is 7.05 Å². The highest BCUT2D eigenvalue weighted by Crippen LogP contribution is 2.32. The summed E-state index contributed by atoms with van der Waals surface area (Å²) in [6.45, 7) is 3.78. The third-order valence-corrected chi connectivity index (χ3v) is 4.35. The Labute approximate surface area is 174 Å². The van der Waals surface area contributed by atoms with Gasteiger partial charge in [-0.15, -0.1) is 0 Å². The van der Waals surface area contributed by atoms with E-state index in [-0.39, 0.29) is 0 Å². The minimum absolute atomic E-state index is 0.620. The Morgan fingerprint density at radius 1 is 0.900 bits per heavy atom. The van der Waals surface area contributed by atoms with Crippen LogP contribution in [-0.4, -0.2) is 36.6 Å². The first-order chi connectivity index (χ1) is 14.5. The molecule has 4 aromatic rings. The Morgan fingerprint density at radius 2 is 1.70 bits per heavy atom. The maximum Gasteiger partial charge on any atom is 0.143 e. The summed E-state index contributed by atoms with van der Waals surface area (Å²) in [6.07, 6.45) is 5.21. The molecule has 0 unspecified atom stereocenters. The highest BCUT2D eigenvalue weighted by Gasteiger charge is 2.10.